The number of aromatic nitrogens is 5. The van der Waals surface area contributed by atoms with Crippen molar-refractivity contribution in [1.29, 1.82) is 0 Å². The maximum Gasteiger partial charge on any atom is 0.257 e. The Morgan fingerprint density at radius 3 is 2.58 bits per heavy atom. The van der Waals surface area contributed by atoms with Gasteiger partial charge >= 0.3 is 0 Å². The molecule has 5 aromatic rings. The van der Waals surface area contributed by atoms with Gasteiger partial charge in [0.25, 0.3) is 5.91 Å². The van der Waals surface area contributed by atoms with Crippen molar-refractivity contribution < 1.29 is 13.2 Å². The molecule has 1 N–H and O–H groups in total. The molecule has 4 heterocycles. The van der Waals surface area contributed by atoms with Crippen molar-refractivity contribution in [2.24, 2.45) is 0 Å². The maximum absolute atomic E-state index is 13.0. The third-order valence-electron chi connectivity index (χ3n) is 6.83. The van der Waals surface area contributed by atoms with Crippen LogP contribution in [0.25, 0.3) is 22.6 Å². The van der Waals surface area contributed by atoms with Gasteiger partial charge in [0.2, 0.25) is 5.13 Å². The first-order valence-electron chi connectivity index (χ1n) is 12.9. The number of pyridine rings is 1. The molecule has 1 aliphatic rings. The third kappa shape index (κ3) is 5.43. The Morgan fingerprint density at radius 1 is 1.05 bits per heavy atom. The van der Waals surface area contributed by atoms with Crippen LogP contribution in [0, 0.1) is 6.92 Å². The lowest BCUT2D eigenvalue weighted by Gasteiger charge is -2.15. The molecule has 0 radical (unpaired) electrons. The van der Waals surface area contributed by atoms with Gasteiger partial charge < -0.3 is 0 Å². The number of hydrogen-bond acceptors (Lipinski definition) is 8. The van der Waals surface area contributed by atoms with E-state index in [-0.39, 0.29) is 23.5 Å². The number of carbonyl (C=O) groups is 1. The van der Waals surface area contributed by atoms with Crippen molar-refractivity contribution in [1.82, 2.24) is 25.0 Å². The first-order chi connectivity index (χ1) is 19.4. The van der Waals surface area contributed by atoms with Gasteiger partial charge in [-0.05, 0) is 43.2 Å². The smallest absolute Gasteiger partial charge is 0.257 e. The van der Waals surface area contributed by atoms with Gasteiger partial charge in [0.1, 0.15) is 10.7 Å². The Morgan fingerprint density at radius 2 is 1.88 bits per heavy atom. The predicted molar refractivity (Wildman–Crippen MR) is 155 cm³/mol. The molecule has 9 nitrogen and oxygen atoms in total. The Bertz CT molecular complexity index is 1780. The van der Waals surface area contributed by atoms with Crippen LogP contribution in [0.1, 0.15) is 39.0 Å². The summed E-state index contributed by atoms with van der Waals surface area (Å²) in [5.74, 6) is -0.0696. The summed E-state index contributed by atoms with van der Waals surface area (Å²) in [5.41, 5.74) is 5.54. The van der Waals surface area contributed by atoms with E-state index in [0.717, 1.165) is 27.4 Å². The fourth-order valence-electron chi connectivity index (χ4n) is 5.02. The lowest BCUT2D eigenvalue weighted by molar-refractivity contribution is 0.102. The molecule has 0 spiro atoms. The number of nitrogens with one attached hydrogen (secondary N) is 1. The molecule has 1 fully saturated rings. The quantitative estimate of drug-likeness (QED) is 0.293. The zero-order chi connectivity index (χ0) is 27.7. The highest BCUT2D eigenvalue weighted by Gasteiger charge is 2.33. The number of aryl methyl sites for hydroxylation is 1. The summed E-state index contributed by atoms with van der Waals surface area (Å²) >= 11 is 1.32. The molecule has 1 amide bonds. The van der Waals surface area contributed by atoms with E-state index in [1.165, 1.54) is 11.3 Å². The summed E-state index contributed by atoms with van der Waals surface area (Å²) in [5, 5.41) is 17.0. The average Bonchev–Trinajstić information content (AvgIpc) is 3.66. The summed E-state index contributed by atoms with van der Waals surface area (Å²) < 4.78 is 26.8. The molecule has 1 atom stereocenters. The first-order valence-corrected chi connectivity index (χ1v) is 15.5. The van der Waals surface area contributed by atoms with Gasteiger partial charge in [0.05, 0.1) is 28.9 Å². The minimum Gasteiger partial charge on any atom is -0.296 e. The SMILES string of the molecule is Cc1nnc(NC(=O)c2cccc(Cc3c(-c4ccccn4)nn(C4CCS(=O)(=O)C4)c3-c3ccccc3)c2)s1. The van der Waals surface area contributed by atoms with E-state index in [9.17, 15) is 13.2 Å². The summed E-state index contributed by atoms with van der Waals surface area (Å²) in [6, 6.07) is 22.7. The first kappa shape index (κ1) is 26.0. The molecule has 0 saturated carbocycles. The largest absolute Gasteiger partial charge is 0.296 e. The molecule has 2 aromatic carbocycles. The molecule has 6 rings (SSSR count). The van der Waals surface area contributed by atoms with Crippen LogP contribution in [0.2, 0.25) is 0 Å². The molecular formula is C29H26N6O3S2. The average molecular weight is 571 g/mol. The molecule has 202 valence electrons. The minimum atomic E-state index is -3.14. The second-order valence-electron chi connectivity index (χ2n) is 9.72. The van der Waals surface area contributed by atoms with Gasteiger partial charge in [-0.1, -0.05) is 59.9 Å². The van der Waals surface area contributed by atoms with Crippen LogP contribution in [0.5, 0.6) is 0 Å². The van der Waals surface area contributed by atoms with E-state index in [2.05, 4.69) is 20.5 Å². The predicted octanol–water partition coefficient (Wildman–Crippen LogP) is 4.97. The van der Waals surface area contributed by atoms with Crippen LogP contribution in [-0.4, -0.2) is 50.8 Å². The Labute approximate surface area is 235 Å². The molecule has 1 saturated heterocycles. The zero-order valence-electron chi connectivity index (χ0n) is 21.7. The molecule has 40 heavy (non-hydrogen) atoms. The molecule has 1 unspecified atom stereocenters. The van der Waals surface area contributed by atoms with Crippen molar-refractivity contribution in [3.8, 4) is 22.6 Å². The fraction of sp³-hybridized carbons (Fsp3) is 0.207. The van der Waals surface area contributed by atoms with E-state index in [1.807, 2.05) is 78.3 Å². The third-order valence-corrected chi connectivity index (χ3v) is 9.34. The van der Waals surface area contributed by atoms with Crippen LogP contribution in [-0.2, 0) is 16.3 Å². The van der Waals surface area contributed by atoms with Crippen LogP contribution < -0.4 is 5.32 Å². The highest BCUT2D eigenvalue weighted by Crippen LogP contribution is 2.37. The minimum absolute atomic E-state index is 0.0519. The van der Waals surface area contributed by atoms with Crippen LogP contribution in [0.3, 0.4) is 0 Å². The van der Waals surface area contributed by atoms with E-state index in [0.29, 0.717) is 34.9 Å². The normalized spacial score (nSPS) is 16.2. The van der Waals surface area contributed by atoms with E-state index in [4.69, 9.17) is 5.10 Å². The Hall–Kier alpha value is -4.22. The van der Waals surface area contributed by atoms with Crippen molar-refractivity contribution in [2.45, 2.75) is 25.8 Å². The highest BCUT2D eigenvalue weighted by molar-refractivity contribution is 7.91. The number of nitrogens with zero attached hydrogens (tertiary/aromatic N) is 5. The summed E-state index contributed by atoms with van der Waals surface area (Å²) in [6.45, 7) is 1.83. The van der Waals surface area contributed by atoms with Crippen molar-refractivity contribution >= 4 is 32.2 Å². The van der Waals surface area contributed by atoms with Crippen LogP contribution >= 0.6 is 11.3 Å². The van der Waals surface area contributed by atoms with E-state index in [1.54, 1.807) is 12.3 Å². The molecular weight excluding hydrogens is 544 g/mol. The van der Waals surface area contributed by atoms with Crippen molar-refractivity contribution in [3.63, 3.8) is 0 Å². The number of hydrogen-bond donors (Lipinski definition) is 1. The van der Waals surface area contributed by atoms with Gasteiger partial charge in [-0.15, -0.1) is 10.2 Å². The van der Waals surface area contributed by atoms with Gasteiger partial charge in [-0.3, -0.25) is 19.8 Å². The number of benzene rings is 2. The lowest BCUT2D eigenvalue weighted by atomic mass is 9.96. The van der Waals surface area contributed by atoms with E-state index >= 15 is 0 Å². The summed E-state index contributed by atoms with van der Waals surface area (Å²) in [6.07, 6.45) is 2.70. The number of anilines is 1. The van der Waals surface area contributed by atoms with Crippen molar-refractivity contribution in [2.75, 3.05) is 16.8 Å². The van der Waals surface area contributed by atoms with E-state index < -0.39 is 9.84 Å². The van der Waals surface area contributed by atoms with Crippen LogP contribution in [0.4, 0.5) is 5.13 Å². The van der Waals surface area contributed by atoms with Gasteiger partial charge in [0.15, 0.2) is 9.84 Å². The Balaban J connectivity index is 1.45. The monoisotopic (exact) mass is 570 g/mol. The van der Waals surface area contributed by atoms with Gasteiger partial charge in [0, 0.05) is 29.3 Å². The second kappa shape index (κ2) is 10.7. The molecule has 0 aliphatic carbocycles. The van der Waals surface area contributed by atoms with Crippen molar-refractivity contribution in [3.05, 3.63) is 101 Å². The zero-order valence-corrected chi connectivity index (χ0v) is 23.3. The van der Waals surface area contributed by atoms with Gasteiger partial charge in [-0.2, -0.15) is 5.10 Å². The number of carbonyl (C=O) groups excluding carboxylic acids is 1. The van der Waals surface area contributed by atoms with Gasteiger partial charge in [-0.25, -0.2) is 8.42 Å². The summed E-state index contributed by atoms with van der Waals surface area (Å²) in [7, 11) is -3.14. The maximum atomic E-state index is 13.0. The molecule has 11 heteroatoms. The second-order valence-corrected chi connectivity index (χ2v) is 13.1. The molecule has 0 bridgehead atoms. The lowest BCUT2D eigenvalue weighted by Crippen LogP contribution is -2.14. The highest BCUT2D eigenvalue weighted by atomic mass is 32.2. The number of amides is 1. The topological polar surface area (TPSA) is 120 Å². The fourth-order valence-corrected chi connectivity index (χ4v) is 7.30. The summed E-state index contributed by atoms with van der Waals surface area (Å²) in [4.78, 5) is 17.6. The number of sulfone groups is 1. The van der Waals surface area contributed by atoms with Crippen LogP contribution in [0.15, 0.2) is 79.0 Å². The number of rotatable bonds is 7. The standard InChI is InChI=1S/C29H26N6O3S2/c1-19-32-33-29(39-19)31-28(36)22-11-7-8-20(16-22)17-24-26(25-12-5-6-14-30-25)34-35(23-13-15-40(37,38)18-23)27(24)21-9-3-2-4-10-21/h2-12,14,16,23H,13,15,17-18H2,1H3,(H,31,33,36). The Kier molecular flexibility index (Phi) is 6.99. The molecule has 1 aliphatic heterocycles. The molecule has 3 aromatic heterocycles.